The lowest BCUT2D eigenvalue weighted by Gasteiger charge is -2.17. The number of aromatic nitrogens is 2. The van der Waals surface area contributed by atoms with E-state index in [0.29, 0.717) is 12.3 Å². The number of aromatic amines is 1. The lowest BCUT2D eigenvalue weighted by Crippen LogP contribution is -2.02. The van der Waals surface area contributed by atoms with Crippen LogP contribution in [0.5, 0.6) is 0 Å². The molecule has 0 saturated carbocycles. The summed E-state index contributed by atoms with van der Waals surface area (Å²) in [6.45, 7) is 3.82. The molecule has 0 spiro atoms. The normalized spacial score (nSPS) is 12.5. The van der Waals surface area contributed by atoms with Crippen molar-refractivity contribution in [3.8, 4) is 0 Å². The molecule has 3 nitrogen and oxygen atoms in total. The van der Waals surface area contributed by atoms with Gasteiger partial charge in [-0.05, 0) is 35.2 Å². The number of Topliss-reactive ketones (excluding diaryl/α,β-unsaturated/α-hetero) is 1. The maximum Gasteiger partial charge on any atom is 0.134 e. The molecule has 1 aromatic heterocycles. The van der Waals surface area contributed by atoms with Crippen molar-refractivity contribution in [1.29, 1.82) is 0 Å². The molecule has 0 aliphatic carbocycles. The van der Waals surface area contributed by atoms with Gasteiger partial charge in [0, 0.05) is 24.2 Å². The summed E-state index contributed by atoms with van der Waals surface area (Å²) in [6.07, 6.45) is 5.11. The number of nitrogens with one attached hydrogen (secondary N) is 1. The van der Waals surface area contributed by atoms with Gasteiger partial charge in [0.15, 0.2) is 0 Å². The Morgan fingerprint density at radius 2 is 2.14 bits per heavy atom. The van der Waals surface area contributed by atoms with Crippen molar-refractivity contribution in [3.63, 3.8) is 0 Å². The number of hydrogen-bond donors (Lipinski definition) is 1. The highest BCUT2D eigenvalue weighted by Gasteiger charge is 2.16. The second kappa shape index (κ2) is 6.14. The van der Waals surface area contributed by atoms with Crippen molar-refractivity contribution in [2.75, 3.05) is 0 Å². The van der Waals surface area contributed by atoms with Crippen molar-refractivity contribution in [2.24, 2.45) is 0 Å². The molecule has 0 radical (unpaired) electrons. The molecule has 0 saturated heterocycles. The van der Waals surface area contributed by atoms with Gasteiger partial charge in [-0.25, -0.2) is 4.98 Å². The van der Waals surface area contributed by atoms with Crippen LogP contribution in [0.2, 0.25) is 0 Å². The third-order valence-electron chi connectivity index (χ3n) is 4.11. The van der Waals surface area contributed by atoms with Crippen molar-refractivity contribution in [1.82, 2.24) is 9.97 Å². The van der Waals surface area contributed by atoms with E-state index in [0.717, 1.165) is 17.7 Å². The van der Waals surface area contributed by atoms with E-state index in [1.807, 2.05) is 12.3 Å². The Bertz CT molecular complexity index is 790. The summed E-state index contributed by atoms with van der Waals surface area (Å²) < 4.78 is 0. The Hall–Kier alpha value is -2.42. The first-order valence-corrected chi connectivity index (χ1v) is 7.68. The van der Waals surface area contributed by atoms with Crippen LogP contribution < -0.4 is 0 Å². The van der Waals surface area contributed by atoms with Gasteiger partial charge in [-0.3, -0.25) is 4.79 Å². The Morgan fingerprint density at radius 1 is 1.27 bits per heavy atom. The number of carbonyl (C=O) groups is 1. The first kappa shape index (κ1) is 14.5. The number of hydrogen-bond acceptors (Lipinski definition) is 2. The molecule has 112 valence electrons. The average molecular weight is 292 g/mol. The highest BCUT2D eigenvalue weighted by molar-refractivity contribution is 5.88. The van der Waals surface area contributed by atoms with Gasteiger partial charge in [0.05, 0.1) is 6.33 Å². The summed E-state index contributed by atoms with van der Waals surface area (Å²) in [5.41, 5.74) is 3.49. The first-order chi connectivity index (χ1) is 10.7. The second-order valence-electron chi connectivity index (χ2n) is 5.75. The molecule has 0 bridgehead atoms. The fourth-order valence-electron chi connectivity index (χ4n) is 3.11. The van der Waals surface area contributed by atoms with Crippen LogP contribution in [0.1, 0.15) is 43.0 Å². The van der Waals surface area contributed by atoms with Gasteiger partial charge >= 0.3 is 0 Å². The number of nitrogens with zero attached hydrogens (tertiary/aromatic N) is 1. The first-order valence-electron chi connectivity index (χ1n) is 7.68. The maximum absolute atomic E-state index is 11.4. The minimum Gasteiger partial charge on any atom is -0.348 e. The van der Waals surface area contributed by atoms with Crippen LogP contribution >= 0.6 is 0 Å². The molecule has 0 fully saturated rings. The molecule has 1 atom stereocenters. The smallest absolute Gasteiger partial charge is 0.134 e. The molecular weight excluding hydrogens is 272 g/mol. The van der Waals surface area contributed by atoms with Gasteiger partial charge < -0.3 is 4.98 Å². The molecule has 1 unspecified atom stereocenters. The van der Waals surface area contributed by atoms with Crippen LogP contribution in [0.4, 0.5) is 0 Å². The summed E-state index contributed by atoms with van der Waals surface area (Å²) in [7, 11) is 0. The number of benzene rings is 2. The number of H-pyrrole nitrogens is 1. The van der Waals surface area contributed by atoms with Gasteiger partial charge in [0.2, 0.25) is 0 Å². The number of ketones is 1. The summed E-state index contributed by atoms with van der Waals surface area (Å²) >= 11 is 0. The highest BCUT2D eigenvalue weighted by Crippen LogP contribution is 2.32. The average Bonchev–Trinajstić information content (AvgIpc) is 3.02. The molecule has 2 aromatic carbocycles. The Morgan fingerprint density at radius 3 is 2.82 bits per heavy atom. The molecule has 0 aliphatic heterocycles. The zero-order chi connectivity index (χ0) is 15.5. The van der Waals surface area contributed by atoms with Crippen molar-refractivity contribution in [3.05, 3.63) is 65.7 Å². The van der Waals surface area contributed by atoms with E-state index >= 15 is 0 Å². The molecule has 22 heavy (non-hydrogen) atoms. The summed E-state index contributed by atoms with van der Waals surface area (Å²) in [4.78, 5) is 18.8. The van der Waals surface area contributed by atoms with Gasteiger partial charge in [0.1, 0.15) is 5.78 Å². The monoisotopic (exact) mass is 292 g/mol. The maximum atomic E-state index is 11.4. The molecule has 0 amide bonds. The van der Waals surface area contributed by atoms with Crippen LogP contribution in [0.15, 0.2) is 48.9 Å². The molecule has 3 heteroatoms. The largest absolute Gasteiger partial charge is 0.348 e. The number of rotatable bonds is 5. The zero-order valence-electron chi connectivity index (χ0n) is 13.0. The molecule has 1 N–H and O–H groups in total. The summed E-state index contributed by atoms with van der Waals surface area (Å²) in [6, 6.07) is 12.7. The second-order valence-corrected chi connectivity index (χ2v) is 5.75. The van der Waals surface area contributed by atoms with Crippen LogP contribution in [0.25, 0.3) is 10.8 Å². The quantitative estimate of drug-likeness (QED) is 0.764. The molecule has 0 aliphatic rings. The molecule has 3 aromatic rings. The van der Waals surface area contributed by atoms with E-state index in [4.69, 9.17) is 0 Å². The Balaban J connectivity index is 2.13. The van der Waals surface area contributed by atoms with Crippen molar-refractivity contribution < 1.29 is 4.79 Å². The van der Waals surface area contributed by atoms with Crippen LogP contribution in [-0.4, -0.2) is 15.8 Å². The number of carbonyl (C=O) groups excluding carboxylic acids is 1. The predicted molar refractivity (Wildman–Crippen MR) is 89.1 cm³/mol. The van der Waals surface area contributed by atoms with E-state index in [1.165, 1.54) is 16.3 Å². The number of fused-ring (bicyclic) bond motifs is 1. The molecular formula is C19H20N2O. The van der Waals surface area contributed by atoms with Gasteiger partial charge in [-0.2, -0.15) is 0 Å². The standard InChI is InChI=1S/C19H20N2O/c1-3-16(19-11-20-12-21-19)17-6-4-5-15-8-7-14(9-13(2)22)10-18(15)17/h4-8,10-12,16H,3,9H2,1-2H3,(H,20,21). The Kier molecular flexibility index (Phi) is 4.05. The lowest BCUT2D eigenvalue weighted by atomic mass is 9.88. The van der Waals surface area contributed by atoms with Crippen LogP contribution in [-0.2, 0) is 11.2 Å². The highest BCUT2D eigenvalue weighted by atomic mass is 16.1. The van der Waals surface area contributed by atoms with Gasteiger partial charge in [0.25, 0.3) is 0 Å². The lowest BCUT2D eigenvalue weighted by molar-refractivity contribution is -0.116. The van der Waals surface area contributed by atoms with E-state index in [2.05, 4.69) is 47.2 Å². The van der Waals surface area contributed by atoms with Gasteiger partial charge in [-0.1, -0.05) is 43.3 Å². The van der Waals surface area contributed by atoms with E-state index in [1.54, 1.807) is 13.3 Å². The summed E-state index contributed by atoms with van der Waals surface area (Å²) in [5, 5.41) is 2.44. The van der Waals surface area contributed by atoms with E-state index < -0.39 is 0 Å². The fraction of sp³-hybridized carbons (Fsp3) is 0.263. The summed E-state index contributed by atoms with van der Waals surface area (Å²) in [5.74, 6) is 0.483. The van der Waals surface area contributed by atoms with Crippen molar-refractivity contribution >= 4 is 16.6 Å². The number of imidazole rings is 1. The zero-order valence-corrected chi connectivity index (χ0v) is 13.0. The minimum atomic E-state index is 0.192. The SMILES string of the molecule is CCC(c1cnc[nH]1)c1cccc2ccc(CC(C)=O)cc12. The van der Waals surface area contributed by atoms with E-state index in [-0.39, 0.29) is 5.78 Å². The van der Waals surface area contributed by atoms with Crippen LogP contribution in [0.3, 0.4) is 0 Å². The fourth-order valence-corrected chi connectivity index (χ4v) is 3.11. The van der Waals surface area contributed by atoms with Crippen molar-refractivity contribution in [2.45, 2.75) is 32.6 Å². The third-order valence-corrected chi connectivity index (χ3v) is 4.11. The molecule has 1 heterocycles. The third kappa shape index (κ3) is 2.80. The van der Waals surface area contributed by atoms with E-state index in [9.17, 15) is 4.79 Å². The topological polar surface area (TPSA) is 45.8 Å². The van der Waals surface area contributed by atoms with Gasteiger partial charge in [-0.15, -0.1) is 0 Å². The predicted octanol–water partition coefficient (Wildman–Crippen LogP) is 4.24. The Labute approximate surface area is 130 Å². The molecule has 3 rings (SSSR count). The van der Waals surface area contributed by atoms with Crippen LogP contribution in [0, 0.1) is 0 Å². The minimum absolute atomic E-state index is 0.192.